The zero-order valence-corrected chi connectivity index (χ0v) is 7.37. The van der Waals surface area contributed by atoms with Crippen LogP contribution in [-0.4, -0.2) is 18.6 Å². The average Bonchev–Trinajstić information content (AvgIpc) is 2.09. The van der Waals surface area contributed by atoms with Gasteiger partial charge >= 0.3 is 12.1 Å². The first-order chi connectivity index (χ1) is 6.24. The van der Waals surface area contributed by atoms with Crippen LogP contribution in [0.5, 0.6) is 0 Å². The monoisotopic (exact) mass is 181 g/mol. The summed E-state index contributed by atoms with van der Waals surface area (Å²) in [5.74, 6) is -0.565. The van der Waals surface area contributed by atoms with Crippen LogP contribution in [0.4, 0.5) is 4.79 Å². The summed E-state index contributed by atoms with van der Waals surface area (Å²) in [6.45, 7) is 2.24. The van der Waals surface area contributed by atoms with Crippen molar-refractivity contribution in [2.75, 3.05) is 6.54 Å². The van der Waals surface area contributed by atoms with Crippen LogP contribution in [0.25, 0.3) is 0 Å². The quantitative estimate of drug-likeness (QED) is 0.395. The smallest absolute Gasteiger partial charge is 0.373 e. The van der Waals surface area contributed by atoms with E-state index >= 15 is 0 Å². The molecular weight excluding hydrogens is 170 g/mol. The molecule has 1 N–H and O–H groups in total. The van der Waals surface area contributed by atoms with Gasteiger partial charge in [0.2, 0.25) is 0 Å². The molecule has 0 unspecified atom stereocenters. The predicted molar refractivity (Wildman–Crippen MR) is 47.0 cm³/mol. The third kappa shape index (κ3) is 2.74. The normalized spacial score (nSPS) is 20.5. The number of nitrogens with one attached hydrogen (secondary N) is 1. The molecule has 0 aromatic heterocycles. The number of rotatable bonds is 2. The number of carbonyl (C=O) groups is 2. The second-order valence-corrected chi connectivity index (χ2v) is 2.56. The molecular formula is C9H11NO3. The largest absolute Gasteiger partial charge is 0.415 e. The molecule has 0 aromatic carbocycles. The standard InChI is InChI=1S/C9H11NO3/c1-2-3-4-5-7-6-10-9(12)13-8(7)11/h3-5H,2,6H2,1H3,(H,10,12)/b4-3-,7-5+. The summed E-state index contributed by atoms with van der Waals surface area (Å²) in [4.78, 5) is 21.6. The summed E-state index contributed by atoms with van der Waals surface area (Å²) in [7, 11) is 0. The first-order valence-corrected chi connectivity index (χ1v) is 4.09. The SMILES string of the molecule is CC/C=C\C=C1/CNC(=O)OC1=O. The zero-order chi connectivity index (χ0) is 9.68. The Hall–Kier alpha value is -1.58. The predicted octanol–water partition coefficient (Wildman–Crippen LogP) is 1.15. The van der Waals surface area contributed by atoms with Gasteiger partial charge < -0.3 is 10.1 Å². The minimum atomic E-state index is -0.679. The molecule has 0 spiro atoms. The Kier molecular flexibility index (Phi) is 3.25. The van der Waals surface area contributed by atoms with Crippen molar-refractivity contribution in [3.8, 4) is 0 Å². The van der Waals surface area contributed by atoms with Gasteiger partial charge in [0.25, 0.3) is 0 Å². The van der Waals surface area contributed by atoms with Crippen molar-refractivity contribution in [3.63, 3.8) is 0 Å². The highest BCUT2D eigenvalue weighted by Gasteiger charge is 2.21. The van der Waals surface area contributed by atoms with Crippen LogP contribution in [-0.2, 0) is 9.53 Å². The summed E-state index contributed by atoms with van der Waals surface area (Å²) in [6, 6.07) is 0. The Morgan fingerprint density at radius 1 is 1.54 bits per heavy atom. The van der Waals surface area contributed by atoms with Gasteiger partial charge in [-0.25, -0.2) is 9.59 Å². The van der Waals surface area contributed by atoms with Crippen molar-refractivity contribution >= 4 is 12.1 Å². The number of esters is 1. The average molecular weight is 181 g/mol. The molecule has 0 radical (unpaired) electrons. The Balaban J connectivity index is 2.60. The summed E-state index contributed by atoms with van der Waals surface area (Å²) in [5.41, 5.74) is 0.462. The first-order valence-electron chi connectivity index (χ1n) is 4.09. The van der Waals surface area contributed by atoms with E-state index < -0.39 is 12.1 Å². The van der Waals surface area contributed by atoms with E-state index in [1.54, 1.807) is 12.2 Å². The number of cyclic esters (lactones) is 2. The molecule has 0 bridgehead atoms. The van der Waals surface area contributed by atoms with Crippen LogP contribution in [0.2, 0.25) is 0 Å². The molecule has 4 heteroatoms. The van der Waals surface area contributed by atoms with Gasteiger partial charge in [-0.2, -0.15) is 0 Å². The number of amides is 1. The van der Waals surface area contributed by atoms with Gasteiger partial charge in [0.15, 0.2) is 0 Å². The van der Waals surface area contributed by atoms with E-state index in [0.717, 1.165) is 6.42 Å². The van der Waals surface area contributed by atoms with E-state index in [0.29, 0.717) is 5.57 Å². The molecule has 1 heterocycles. The summed E-state index contributed by atoms with van der Waals surface area (Å²) >= 11 is 0. The van der Waals surface area contributed by atoms with Gasteiger partial charge in [-0.15, -0.1) is 0 Å². The van der Waals surface area contributed by atoms with Crippen molar-refractivity contribution in [2.24, 2.45) is 0 Å². The molecule has 1 amide bonds. The van der Waals surface area contributed by atoms with Gasteiger partial charge in [0.1, 0.15) is 0 Å². The molecule has 4 nitrogen and oxygen atoms in total. The van der Waals surface area contributed by atoms with Crippen LogP contribution in [0, 0.1) is 0 Å². The van der Waals surface area contributed by atoms with E-state index in [1.807, 2.05) is 13.0 Å². The lowest BCUT2D eigenvalue weighted by Crippen LogP contribution is -2.37. The molecule has 13 heavy (non-hydrogen) atoms. The lowest BCUT2D eigenvalue weighted by molar-refractivity contribution is -0.134. The van der Waals surface area contributed by atoms with Crippen LogP contribution < -0.4 is 5.32 Å². The van der Waals surface area contributed by atoms with Crippen molar-refractivity contribution in [2.45, 2.75) is 13.3 Å². The number of hydrogen-bond donors (Lipinski definition) is 1. The van der Waals surface area contributed by atoms with Gasteiger partial charge in [-0.05, 0) is 6.42 Å². The lowest BCUT2D eigenvalue weighted by Gasteiger charge is -2.12. The maximum absolute atomic E-state index is 11.0. The van der Waals surface area contributed by atoms with E-state index in [-0.39, 0.29) is 6.54 Å². The van der Waals surface area contributed by atoms with Crippen molar-refractivity contribution in [3.05, 3.63) is 23.8 Å². The van der Waals surface area contributed by atoms with E-state index in [4.69, 9.17) is 0 Å². The lowest BCUT2D eigenvalue weighted by atomic mass is 10.2. The summed E-state index contributed by atoms with van der Waals surface area (Å²) in [5, 5.41) is 2.41. The molecule has 1 fully saturated rings. The van der Waals surface area contributed by atoms with Crippen molar-refractivity contribution < 1.29 is 14.3 Å². The van der Waals surface area contributed by atoms with Crippen LogP contribution in [0.3, 0.4) is 0 Å². The summed E-state index contributed by atoms with van der Waals surface area (Å²) < 4.78 is 4.34. The molecule has 70 valence electrons. The summed E-state index contributed by atoms with van der Waals surface area (Å²) in [6.07, 6.45) is 5.56. The fraction of sp³-hybridized carbons (Fsp3) is 0.333. The molecule has 0 aliphatic carbocycles. The molecule has 0 atom stereocenters. The number of carbonyl (C=O) groups excluding carboxylic acids is 2. The molecule has 0 saturated carbocycles. The minimum Gasteiger partial charge on any atom is -0.373 e. The fourth-order valence-electron chi connectivity index (χ4n) is 0.873. The Labute approximate surface area is 76.3 Å². The number of hydrogen-bond acceptors (Lipinski definition) is 3. The molecule has 1 aliphatic rings. The van der Waals surface area contributed by atoms with Crippen LogP contribution in [0.15, 0.2) is 23.8 Å². The molecule has 1 rings (SSSR count). The molecule has 1 aliphatic heterocycles. The zero-order valence-electron chi connectivity index (χ0n) is 7.37. The maximum atomic E-state index is 11.0. The fourth-order valence-corrected chi connectivity index (χ4v) is 0.873. The second-order valence-electron chi connectivity index (χ2n) is 2.56. The number of ether oxygens (including phenoxy) is 1. The van der Waals surface area contributed by atoms with Crippen LogP contribution in [0.1, 0.15) is 13.3 Å². The molecule has 1 saturated heterocycles. The molecule has 0 aromatic rings. The van der Waals surface area contributed by atoms with Gasteiger partial charge in [-0.1, -0.05) is 25.2 Å². The Bertz CT molecular complexity index is 279. The minimum absolute atomic E-state index is 0.242. The van der Waals surface area contributed by atoms with Crippen molar-refractivity contribution in [1.82, 2.24) is 5.32 Å². The third-order valence-corrected chi connectivity index (χ3v) is 1.54. The van der Waals surface area contributed by atoms with E-state index in [9.17, 15) is 9.59 Å². The highest BCUT2D eigenvalue weighted by Crippen LogP contribution is 2.03. The van der Waals surface area contributed by atoms with Crippen LogP contribution >= 0.6 is 0 Å². The number of allylic oxidation sites excluding steroid dienone is 3. The highest BCUT2D eigenvalue weighted by atomic mass is 16.6. The Morgan fingerprint density at radius 3 is 2.92 bits per heavy atom. The first kappa shape index (κ1) is 9.51. The van der Waals surface area contributed by atoms with Gasteiger partial charge in [0, 0.05) is 0 Å². The maximum Gasteiger partial charge on any atom is 0.415 e. The van der Waals surface area contributed by atoms with Gasteiger partial charge in [0.05, 0.1) is 12.1 Å². The Morgan fingerprint density at radius 2 is 2.31 bits per heavy atom. The highest BCUT2D eigenvalue weighted by molar-refractivity contribution is 5.99. The third-order valence-electron chi connectivity index (χ3n) is 1.54. The van der Waals surface area contributed by atoms with Crippen molar-refractivity contribution in [1.29, 1.82) is 0 Å². The second kappa shape index (κ2) is 4.45. The topological polar surface area (TPSA) is 55.4 Å². The van der Waals surface area contributed by atoms with E-state index in [2.05, 4.69) is 10.1 Å². The van der Waals surface area contributed by atoms with Gasteiger partial charge in [-0.3, -0.25) is 0 Å². The van der Waals surface area contributed by atoms with E-state index in [1.165, 1.54) is 0 Å². The number of alkyl carbamates (subject to hydrolysis) is 1.